The quantitative estimate of drug-likeness (QED) is 0.391. The Kier molecular flexibility index (Phi) is 3.59. The van der Waals surface area contributed by atoms with Gasteiger partial charge in [0.25, 0.3) is 0 Å². The number of benzene rings is 3. The summed E-state index contributed by atoms with van der Waals surface area (Å²) in [5, 5.41) is 0. The molecule has 1 heteroatoms. The highest BCUT2D eigenvalue weighted by molar-refractivity contribution is 9.10. The second-order valence-corrected chi connectivity index (χ2v) is 6.80. The molecule has 108 valence electrons. The molecule has 0 aliphatic heterocycles. The Balaban J connectivity index is 1.97. The van der Waals surface area contributed by atoms with Crippen LogP contribution in [-0.4, -0.2) is 0 Å². The minimum Gasteiger partial charge on any atom is -0.0620 e. The molecular weight excluding hydrogens is 332 g/mol. The van der Waals surface area contributed by atoms with Gasteiger partial charge in [0, 0.05) is 4.47 Å². The summed E-state index contributed by atoms with van der Waals surface area (Å²) in [7, 11) is 0. The van der Waals surface area contributed by atoms with Crippen LogP contribution in [0.4, 0.5) is 0 Å². The normalized spacial score (nSPS) is 13.1. The van der Waals surface area contributed by atoms with Crippen LogP contribution in [0.5, 0.6) is 0 Å². The first-order chi connectivity index (χ1) is 10.8. The Morgan fingerprint density at radius 3 is 1.55 bits per heavy atom. The number of hydrogen-bond donors (Lipinski definition) is 0. The van der Waals surface area contributed by atoms with E-state index in [4.69, 9.17) is 0 Å². The molecule has 0 saturated carbocycles. The van der Waals surface area contributed by atoms with Gasteiger partial charge in [0.05, 0.1) is 0 Å². The molecule has 0 N–H and O–H groups in total. The van der Waals surface area contributed by atoms with Crippen LogP contribution in [0, 0.1) is 0 Å². The second-order valence-electron chi connectivity index (χ2n) is 5.95. The Hall–Kier alpha value is -1.86. The zero-order valence-corrected chi connectivity index (χ0v) is 13.9. The van der Waals surface area contributed by atoms with Gasteiger partial charge in [-0.1, -0.05) is 76.6 Å². The summed E-state index contributed by atoms with van der Waals surface area (Å²) in [5.41, 5.74) is 8.62. The van der Waals surface area contributed by atoms with E-state index in [1.165, 1.54) is 37.9 Å². The van der Waals surface area contributed by atoms with Crippen LogP contribution in [0.3, 0.4) is 0 Å². The van der Waals surface area contributed by atoms with Crippen LogP contribution in [-0.2, 0) is 19.3 Å². The Labute approximate surface area is 140 Å². The van der Waals surface area contributed by atoms with Crippen molar-refractivity contribution in [2.45, 2.75) is 19.3 Å². The Morgan fingerprint density at radius 2 is 0.955 bits per heavy atom. The van der Waals surface area contributed by atoms with Crippen molar-refractivity contribution >= 4 is 15.9 Å². The molecule has 3 aromatic carbocycles. The summed E-state index contributed by atoms with van der Waals surface area (Å²) in [6.45, 7) is 0. The molecule has 0 saturated heterocycles. The van der Waals surface area contributed by atoms with Crippen molar-refractivity contribution in [3.63, 3.8) is 0 Å². The highest BCUT2D eigenvalue weighted by Crippen LogP contribution is 2.30. The van der Waals surface area contributed by atoms with Crippen molar-refractivity contribution in [3.8, 4) is 0 Å². The average Bonchev–Trinajstić information content (AvgIpc) is 2.60. The van der Waals surface area contributed by atoms with E-state index in [1.807, 2.05) is 0 Å². The molecule has 0 fully saturated rings. The van der Waals surface area contributed by atoms with Gasteiger partial charge in [-0.15, -0.1) is 0 Å². The maximum Gasteiger partial charge on any atom is 0.0213 e. The standard InChI is InChI=1S/C21H17Br/c22-21-11-5-10-19-13-17-8-2-1-6-15(17)12-16-7-3-4-9-18(16)14-20(19)21/h1-11H,12-14H2. The van der Waals surface area contributed by atoms with Crippen molar-refractivity contribution in [1.82, 2.24) is 0 Å². The van der Waals surface area contributed by atoms with Crippen LogP contribution in [0.25, 0.3) is 0 Å². The molecule has 1 aliphatic rings. The molecule has 3 aromatic rings. The maximum absolute atomic E-state index is 3.76. The molecular formula is C21H17Br. The third kappa shape index (κ3) is 2.50. The highest BCUT2D eigenvalue weighted by atomic mass is 79.9. The van der Waals surface area contributed by atoms with E-state index < -0.39 is 0 Å². The molecule has 0 unspecified atom stereocenters. The van der Waals surface area contributed by atoms with E-state index in [9.17, 15) is 0 Å². The van der Waals surface area contributed by atoms with Crippen LogP contribution in [0.2, 0.25) is 0 Å². The third-order valence-electron chi connectivity index (χ3n) is 4.58. The average molecular weight is 349 g/mol. The Bertz CT molecular complexity index is 827. The summed E-state index contributed by atoms with van der Waals surface area (Å²) < 4.78 is 1.22. The molecule has 0 aromatic heterocycles. The van der Waals surface area contributed by atoms with Crippen molar-refractivity contribution in [3.05, 3.63) is 105 Å². The third-order valence-corrected chi connectivity index (χ3v) is 5.32. The number of hydrogen-bond acceptors (Lipinski definition) is 0. The lowest BCUT2D eigenvalue weighted by atomic mass is 9.95. The molecule has 4 rings (SSSR count). The molecule has 0 heterocycles. The van der Waals surface area contributed by atoms with Crippen LogP contribution in [0.1, 0.15) is 33.4 Å². The van der Waals surface area contributed by atoms with E-state index in [1.54, 1.807) is 0 Å². The fraction of sp³-hybridized carbons (Fsp3) is 0.143. The Morgan fingerprint density at radius 1 is 0.500 bits per heavy atom. The van der Waals surface area contributed by atoms with Gasteiger partial charge in [-0.05, 0) is 58.7 Å². The molecule has 1 aliphatic carbocycles. The SMILES string of the molecule is Brc1cccc2c1Cc1ccccc1Cc1ccccc1C2. The summed E-state index contributed by atoms with van der Waals surface area (Å²) in [5.74, 6) is 0. The summed E-state index contributed by atoms with van der Waals surface area (Å²) >= 11 is 3.76. The predicted octanol–water partition coefficient (Wildman–Crippen LogP) is 5.53. The minimum atomic E-state index is 1.00. The predicted molar refractivity (Wildman–Crippen MR) is 95.4 cm³/mol. The van der Waals surface area contributed by atoms with E-state index in [0.29, 0.717) is 0 Å². The van der Waals surface area contributed by atoms with Gasteiger partial charge in [0.15, 0.2) is 0 Å². The van der Waals surface area contributed by atoms with Crippen molar-refractivity contribution in [2.24, 2.45) is 0 Å². The summed E-state index contributed by atoms with van der Waals surface area (Å²) in [4.78, 5) is 0. The lowest BCUT2D eigenvalue weighted by molar-refractivity contribution is 1.08. The lowest BCUT2D eigenvalue weighted by Crippen LogP contribution is -1.98. The minimum absolute atomic E-state index is 1.00. The molecule has 0 atom stereocenters. The van der Waals surface area contributed by atoms with Gasteiger partial charge in [-0.2, -0.15) is 0 Å². The van der Waals surface area contributed by atoms with E-state index in [-0.39, 0.29) is 0 Å². The van der Waals surface area contributed by atoms with Crippen molar-refractivity contribution in [2.75, 3.05) is 0 Å². The fourth-order valence-corrected chi connectivity index (χ4v) is 3.92. The summed E-state index contributed by atoms with van der Waals surface area (Å²) in [6, 6.07) is 24.3. The molecule has 0 amide bonds. The van der Waals surface area contributed by atoms with Gasteiger partial charge in [0.1, 0.15) is 0 Å². The van der Waals surface area contributed by atoms with Gasteiger partial charge in [0.2, 0.25) is 0 Å². The van der Waals surface area contributed by atoms with Gasteiger partial charge >= 0.3 is 0 Å². The maximum atomic E-state index is 3.76. The monoisotopic (exact) mass is 348 g/mol. The first-order valence-corrected chi connectivity index (χ1v) is 8.50. The summed E-state index contributed by atoms with van der Waals surface area (Å²) in [6.07, 6.45) is 3.04. The molecule has 22 heavy (non-hydrogen) atoms. The van der Waals surface area contributed by atoms with E-state index in [2.05, 4.69) is 82.7 Å². The molecule has 0 spiro atoms. The number of halogens is 1. The van der Waals surface area contributed by atoms with E-state index in [0.717, 1.165) is 19.3 Å². The first-order valence-electron chi connectivity index (χ1n) is 7.71. The van der Waals surface area contributed by atoms with Crippen LogP contribution in [0.15, 0.2) is 71.2 Å². The van der Waals surface area contributed by atoms with E-state index >= 15 is 0 Å². The van der Waals surface area contributed by atoms with Gasteiger partial charge in [-0.3, -0.25) is 0 Å². The molecule has 0 radical (unpaired) electrons. The van der Waals surface area contributed by atoms with Crippen molar-refractivity contribution < 1.29 is 0 Å². The second kappa shape index (κ2) is 5.73. The zero-order valence-electron chi connectivity index (χ0n) is 12.4. The van der Waals surface area contributed by atoms with Crippen LogP contribution >= 0.6 is 15.9 Å². The topological polar surface area (TPSA) is 0 Å². The lowest BCUT2D eigenvalue weighted by Gasteiger charge is -2.12. The first kappa shape index (κ1) is 13.8. The largest absolute Gasteiger partial charge is 0.0620 e. The number of rotatable bonds is 0. The molecule has 0 bridgehead atoms. The fourth-order valence-electron chi connectivity index (χ4n) is 3.37. The van der Waals surface area contributed by atoms with Crippen molar-refractivity contribution in [1.29, 1.82) is 0 Å². The van der Waals surface area contributed by atoms with Crippen LogP contribution < -0.4 is 0 Å². The highest BCUT2D eigenvalue weighted by Gasteiger charge is 2.15. The van der Waals surface area contributed by atoms with Gasteiger partial charge < -0.3 is 0 Å². The van der Waals surface area contributed by atoms with Gasteiger partial charge in [-0.25, -0.2) is 0 Å². The zero-order chi connectivity index (χ0) is 14.9. The smallest absolute Gasteiger partial charge is 0.0213 e. The number of fused-ring (bicyclic) bond motifs is 3. The molecule has 0 nitrogen and oxygen atoms in total.